The van der Waals surface area contributed by atoms with Crippen molar-refractivity contribution in [1.82, 2.24) is 10.2 Å². The minimum Gasteiger partial charge on any atom is -0.352 e. The summed E-state index contributed by atoms with van der Waals surface area (Å²) in [6.45, 7) is -0.688. The van der Waals surface area contributed by atoms with Crippen LogP contribution < -0.4 is 9.62 Å². The van der Waals surface area contributed by atoms with Gasteiger partial charge in [-0.3, -0.25) is 24.0 Å². The zero-order chi connectivity index (χ0) is 34.1. The van der Waals surface area contributed by atoms with Gasteiger partial charge in [0.15, 0.2) is 0 Å². The highest BCUT2D eigenvalue weighted by Gasteiger charge is 2.35. The van der Waals surface area contributed by atoms with E-state index in [9.17, 15) is 28.1 Å². The predicted molar refractivity (Wildman–Crippen MR) is 185 cm³/mol. The SMILES string of the molecule is O=C(NC1CCCCC1)[C@H](Cc1ccccc1)N(Cc1cccc(Cl)c1)C(=O)CN(c1ccc([N+](=O)[O-])cc1)S(=O)(=O)c1ccccc1. The maximum absolute atomic E-state index is 14.6. The number of carbonyl (C=O) groups is 2. The van der Waals surface area contributed by atoms with Crippen molar-refractivity contribution >= 4 is 44.8 Å². The van der Waals surface area contributed by atoms with E-state index in [1.165, 1.54) is 41.3 Å². The van der Waals surface area contributed by atoms with E-state index in [2.05, 4.69) is 5.32 Å². The molecule has 250 valence electrons. The smallest absolute Gasteiger partial charge is 0.269 e. The standard InChI is InChI=1S/C36H37ClN4O6S/c37-29-14-10-13-28(23-29)25-39(34(24-27-11-4-1-5-12-27)36(43)38-30-15-6-2-7-16-30)35(42)26-40(31-19-21-32(22-20-31)41(44)45)48(46,47)33-17-8-3-9-18-33/h1,3-5,8-14,17-23,30,34H,2,6-7,15-16,24-26H2,(H,38,43)/t34-/m0/s1. The number of hydrogen-bond acceptors (Lipinski definition) is 6. The third kappa shape index (κ3) is 8.78. The van der Waals surface area contributed by atoms with Gasteiger partial charge >= 0.3 is 0 Å². The molecule has 0 aromatic heterocycles. The Labute approximate surface area is 285 Å². The van der Waals surface area contributed by atoms with Crippen LogP contribution >= 0.6 is 11.6 Å². The molecule has 1 fully saturated rings. The zero-order valence-corrected chi connectivity index (χ0v) is 27.9. The average Bonchev–Trinajstić information content (AvgIpc) is 3.10. The van der Waals surface area contributed by atoms with Gasteiger partial charge in [0.2, 0.25) is 11.8 Å². The molecule has 0 radical (unpaired) electrons. The van der Waals surface area contributed by atoms with Gasteiger partial charge in [-0.2, -0.15) is 0 Å². The minimum atomic E-state index is -4.33. The first-order chi connectivity index (χ1) is 23.1. The van der Waals surface area contributed by atoms with Crippen molar-refractivity contribution in [2.75, 3.05) is 10.8 Å². The summed E-state index contributed by atoms with van der Waals surface area (Å²) < 4.78 is 29.1. The Balaban J connectivity index is 1.57. The lowest BCUT2D eigenvalue weighted by molar-refractivity contribution is -0.384. The Morgan fingerprint density at radius 3 is 2.10 bits per heavy atom. The summed E-state index contributed by atoms with van der Waals surface area (Å²) in [5, 5.41) is 15.0. The van der Waals surface area contributed by atoms with Gasteiger partial charge in [0.05, 0.1) is 15.5 Å². The quantitative estimate of drug-likeness (QED) is 0.126. The monoisotopic (exact) mass is 688 g/mol. The lowest BCUT2D eigenvalue weighted by Crippen LogP contribution is -2.55. The topological polar surface area (TPSA) is 130 Å². The van der Waals surface area contributed by atoms with Crippen LogP contribution in [0.1, 0.15) is 43.2 Å². The average molecular weight is 689 g/mol. The molecule has 1 N–H and O–H groups in total. The van der Waals surface area contributed by atoms with Gasteiger partial charge in [-0.15, -0.1) is 0 Å². The van der Waals surface area contributed by atoms with Crippen LogP contribution in [-0.4, -0.2) is 48.7 Å². The second kappa shape index (κ2) is 15.9. The van der Waals surface area contributed by atoms with E-state index in [0.29, 0.717) is 10.6 Å². The van der Waals surface area contributed by atoms with E-state index >= 15 is 0 Å². The van der Waals surface area contributed by atoms with Gasteiger partial charge in [0.25, 0.3) is 15.7 Å². The molecule has 1 aliphatic carbocycles. The number of nitrogens with zero attached hydrogens (tertiary/aromatic N) is 3. The summed E-state index contributed by atoms with van der Waals surface area (Å²) in [4.78, 5) is 40.9. The molecule has 1 saturated carbocycles. The number of benzene rings is 4. The molecule has 1 aliphatic rings. The van der Waals surface area contributed by atoms with Crippen molar-refractivity contribution in [3.05, 3.63) is 135 Å². The van der Waals surface area contributed by atoms with Crippen molar-refractivity contribution in [1.29, 1.82) is 0 Å². The molecule has 48 heavy (non-hydrogen) atoms. The van der Waals surface area contributed by atoms with Gasteiger partial charge < -0.3 is 10.2 Å². The molecule has 10 nitrogen and oxygen atoms in total. The third-order valence-electron chi connectivity index (χ3n) is 8.42. The fraction of sp³-hybridized carbons (Fsp3) is 0.278. The molecule has 5 rings (SSSR count). The lowest BCUT2D eigenvalue weighted by atomic mass is 9.94. The van der Waals surface area contributed by atoms with E-state index in [4.69, 9.17) is 11.6 Å². The summed E-state index contributed by atoms with van der Waals surface area (Å²) in [5.74, 6) is -0.957. The van der Waals surface area contributed by atoms with Crippen LogP contribution in [0.15, 0.2) is 114 Å². The fourth-order valence-corrected chi connectivity index (χ4v) is 7.57. The normalized spacial score (nSPS) is 14.1. The third-order valence-corrected chi connectivity index (χ3v) is 10.4. The number of sulfonamides is 1. The molecule has 0 aliphatic heterocycles. The second-order valence-corrected chi connectivity index (χ2v) is 14.1. The maximum Gasteiger partial charge on any atom is 0.269 e. The first kappa shape index (κ1) is 34.6. The molecule has 4 aromatic carbocycles. The van der Waals surface area contributed by atoms with E-state index in [-0.39, 0.29) is 41.2 Å². The molecule has 2 amide bonds. The van der Waals surface area contributed by atoms with E-state index < -0.39 is 33.4 Å². The Kier molecular flexibility index (Phi) is 11.5. The molecule has 0 spiro atoms. The Morgan fingerprint density at radius 2 is 1.48 bits per heavy atom. The summed E-state index contributed by atoms with van der Waals surface area (Å²) in [7, 11) is -4.33. The molecule has 0 heterocycles. The molecule has 0 saturated heterocycles. The second-order valence-electron chi connectivity index (χ2n) is 11.8. The van der Waals surface area contributed by atoms with Crippen LogP contribution in [0.4, 0.5) is 11.4 Å². The molecular formula is C36H37ClN4O6S. The largest absolute Gasteiger partial charge is 0.352 e. The summed E-state index contributed by atoms with van der Waals surface area (Å²) in [6, 6.07) is 27.9. The van der Waals surface area contributed by atoms with Crippen LogP contribution in [0.2, 0.25) is 5.02 Å². The number of non-ortho nitro benzene ring substituents is 1. The first-order valence-corrected chi connectivity index (χ1v) is 17.6. The molecular weight excluding hydrogens is 652 g/mol. The highest BCUT2D eigenvalue weighted by Crippen LogP contribution is 2.27. The highest BCUT2D eigenvalue weighted by molar-refractivity contribution is 7.92. The van der Waals surface area contributed by atoms with Crippen LogP contribution in [0.25, 0.3) is 0 Å². The lowest BCUT2D eigenvalue weighted by Gasteiger charge is -2.35. The number of nitro benzene ring substituents is 1. The number of rotatable bonds is 13. The fourth-order valence-electron chi connectivity index (χ4n) is 5.92. The van der Waals surface area contributed by atoms with Gasteiger partial charge in [-0.05, 0) is 60.4 Å². The number of amides is 2. The molecule has 0 unspecified atom stereocenters. The zero-order valence-electron chi connectivity index (χ0n) is 26.3. The van der Waals surface area contributed by atoms with Gasteiger partial charge in [-0.25, -0.2) is 8.42 Å². The van der Waals surface area contributed by atoms with Crippen LogP contribution in [0.5, 0.6) is 0 Å². The number of nitro groups is 1. The minimum absolute atomic E-state index is 0.0194. The van der Waals surface area contributed by atoms with E-state index in [1.54, 1.807) is 42.5 Å². The molecule has 0 bridgehead atoms. The van der Waals surface area contributed by atoms with Crippen molar-refractivity contribution in [3.8, 4) is 0 Å². The summed E-state index contributed by atoms with van der Waals surface area (Å²) in [5.41, 5.74) is 1.32. The highest BCUT2D eigenvalue weighted by atomic mass is 35.5. The van der Waals surface area contributed by atoms with Crippen molar-refractivity contribution in [2.24, 2.45) is 0 Å². The van der Waals surface area contributed by atoms with Crippen LogP contribution in [0.3, 0.4) is 0 Å². The number of hydrogen-bond donors (Lipinski definition) is 1. The number of carbonyl (C=O) groups excluding carboxylic acids is 2. The number of anilines is 1. The first-order valence-electron chi connectivity index (χ1n) is 15.8. The van der Waals surface area contributed by atoms with Gasteiger partial charge in [0.1, 0.15) is 12.6 Å². The van der Waals surface area contributed by atoms with E-state index in [1.807, 2.05) is 30.3 Å². The Bertz CT molecular complexity index is 1820. The Morgan fingerprint density at radius 1 is 0.854 bits per heavy atom. The van der Waals surface area contributed by atoms with Crippen LogP contribution in [0, 0.1) is 10.1 Å². The summed E-state index contributed by atoms with van der Waals surface area (Å²) >= 11 is 6.32. The Hall–Kier alpha value is -4.74. The van der Waals surface area contributed by atoms with Crippen molar-refractivity contribution in [2.45, 2.75) is 62.0 Å². The summed E-state index contributed by atoms with van der Waals surface area (Å²) in [6.07, 6.45) is 4.98. The van der Waals surface area contributed by atoms with Crippen LogP contribution in [-0.2, 0) is 32.6 Å². The number of halogens is 1. The molecule has 12 heteroatoms. The maximum atomic E-state index is 14.6. The predicted octanol–water partition coefficient (Wildman–Crippen LogP) is 6.53. The van der Waals surface area contributed by atoms with E-state index in [0.717, 1.165) is 42.0 Å². The van der Waals surface area contributed by atoms with Crippen molar-refractivity contribution < 1.29 is 22.9 Å². The number of nitrogens with one attached hydrogen (secondary N) is 1. The van der Waals surface area contributed by atoms with Gasteiger partial charge in [0, 0.05) is 36.2 Å². The van der Waals surface area contributed by atoms with Crippen molar-refractivity contribution in [3.63, 3.8) is 0 Å². The molecule has 4 aromatic rings. The van der Waals surface area contributed by atoms with Gasteiger partial charge in [-0.1, -0.05) is 91.5 Å². The molecule has 1 atom stereocenters.